The van der Waals surface area contributed by atoms with E-state index in [0.29, 0.717) is 6.61 Å². The van der Waals surface area contributed by atoms with Crippen LogP contribution in [0, 0.1) is 18.2 Å². The number of ether oxygens (including phenoxy) is 2. The number of hydrogen-bond donors (Lipinski definition) is 0. The Morgan fingerprint density at radius 2 is 2.04 bits per heavy atom. The standard InChI is InChI=1S/C18H22FNO4/c1-6-22-17(21)14-16(23-10-18(3,4)5)15(24-20-14)12-9-11(2)7-8-13(12)19/h7-9H,6,10H2,1-5H3. The average molecular weight is 335 g/mol. The molecular formula is C18H22FNO4. The largest absolute Gasteiger partial charge is 0.487 e. The highest BCUT2D eigenvalue weighted by Gasteiger charge is 2.28. The van der Waals surface area contributed by atoms with E-state index in [1.165, 1.54) is 6.07 Å². The summed E-state index contributed by atoms with van der Waals surface area (Å²) >= 11 is 0. The summed E-state index contributed by atoms with van der Waals surface area (Å²) in [5.74, 6) is -0.950. The maximum atomic E-state index is 14.2. The molecule has 0 fully saturated rings. The highest BCUT2D eigenvalue weighted by molar-refractivity contribution is 5.92. The first kappa shape index (κ1) is 18.0. The van der Waals surface area contributed by atoms with E-state index in [2.05, 4.69) is 5.16 Å². The second kappa shape index (κ2) is 7.03. The van der Waals surface area contributed by atoms with Crippen LogP contribution in [0.4, 0.5) is 4.39 Å². The third-order valence-electron chi connectivity index (χ3n) is 3.13. The summed E-state index contributed by atoms with van der Waals surface area (Å²) in [4.78, 5) is 12.1. The van der Waals surface area contributed by atoms with Crippen molar-refractivity contribution in [3.63, 3.8) is 0 Å². The quantitative estimate of drug-likeness (QED) is 0.758. The Balaban J connectivity index is 2.51. The van der Waals surface area contributed by atoms with Crippen LogP contribution >= 0.6 is 0 Å². The van der Waals surface area contributed by atoms with E-state index in [0.717, 1.165) is 5.56 Å². The zero-order chi connectivity index (χ0) is 17.9. The molecule has 0 saturated carbocycles. The van der Waals surface area contributed by atoms with Crippen LogP contribution in [0.3, 0.4) is 0 Å². The molecule has 2 rings (SSSR count). The van der Waals surface area contributed by atoms with Gasteiger partial charge in [0, 0.05) is 0 Å². The van der Waals surface area contributed by atoms with E-state index in [1.807, 2.05) is 27.7 Å². The third-order valence-corrected chi connectivity index (χ3v) is 3.13. The van der Waals surface area contributed by atoms with Gasteiger partial charge < -0.3 is 14.0 Å². The van der Waals surface area contributed by atoms with Crippen molar-refractivity contribution in [2.24, 2.45) is 5.41 Å². The van der Waals surface area contributed by atoms with Gasteiger partial charge >= 0.3 is 5.97 Å². The first-order chi connectivity index (χ1) is 11.2. The fourth-order valence-corrected chi connectivity index (χ4v) is 2.02. The van der Waals surface area contributed by atoms with Gasteiger partial charge in [-0.2, -0.15) is 0 Å². The molecule has 2 aromatic rings. The van der Waals surface area contributed by atoms with Crippen molar-refractivity contribution in [2.45, 2.75) is 34.6 Å². The van der Waals surface area contributed by atoms with Gasteiger partial charge in [0.2, 0.25) is 17.2 Å². The number of halogens is 1. The first-order valence-electron chi connectivity index (χ1n) is 7.79. The molecule has 1 heterocycles. The Kier molecular flexibility index (Phi) is 5.26. The summed E-state index contributed by atoms with van der Waals surface area (Å²) in [6.07, 6.45) is 0. The molecule has 0 saturated heterocycles. The lowest BCUT2D eigenvalue weighted by atomic mass is 9.98. The summed E-state index contributed by atoms with van der Waals surface area (Å²) in [6.45, 7) is 9.97. The predicted octanol–water partition coefficient (Wildman–Crippen LogP) is 4.39. The highest BCUT2D eigenvalue weighted by Crippen LogP contribution is 2.36. The van der Waals surface area contributed by atoms with E-state index in [-0.39, 0.29) is 34.8 Å². The second-order valence-corrected chi connectivity index (χ2v) is 6.74. The Hall–Kier alpha value is -2.37. The Labute approximate surface area is 140 Å². The molecule has 130 valence electrons. The third kappa shape index (κ3) is 4.13. The van der Waals surface area contributed by atoms with Crippen molar-refractivity contribution in [1.29, 1.82) is 0 Å². The molecule has 0 aliphatic heterocycles. The number of aryl methyl sites for hydroxylation is 1. The van der Waals surface area contributed by atoms with E-state index in [1.54, 1.807) is 19.1 Å². The number of hydrogen-bond acceptors (Lipinski definition) is 5. The van der Waals surface area contributed by atoms with Crippen LogP contribution in [0.1, 0.15) is 43.7 Å². The molecule has 0 unspecified atom stereocenters. The Bertz CT molecular complexity index is 731. The van der Waals surface area contributed by atoms with Gasteiger partial charge in [-0.15, -0.1) is 0 Å². The maximum absolute atomic E-state index is 14.2. The van der Waals surface area contributed by atoms with Crippen LogP contribution in [-0.2, 0) is 4.74 Å². The molecule has 0 bridgehead atoms. The van der Waals surface area contributed by atoms with Crippen LogP contribution in [0.25, 0.3) is 11.3 Å². The zero-order valence-electron chi connectivity index (χ0n) is 14.6. The van der Waals surface area contributed by atoms with Crippen molar-refractivity contribution in [3.05, 3.63) is 35.3 Å². The van der Waals surface area contributed by atoms with Gasteiger partial charge in [-0.25, -0.2) is 9.18 Å². The lowest BCUT2D eigenvalue weighted by molar-refractivity contribution is 0.0508. The normalized spacial score (nSPS) is 11.4. The average Bonchev–Trinajstić information content (AvgIpc) is 2.91. The van der Waals surface area contributed by atoms with Gasteiger partial charge in [-0.05, 0) is 31.4 Å². The van der Waals surface area contributed by atoms with Gasteiger partial charge in [0.15, 0.2) is 0 Å². The fraction of sp³-hybridized carbons (Fsp3) is 0.444. The number of benzene rings is 1. The number of carbonyl (C=O) groups excluding carboxylic acids is 1. The molecule has 1 aromatic carbocycles. The van der Waals surface area contributed by atoms with E-state index < -0.39 is 11.8 Å². The van der Waals surface area contributed by atoms with Crippen molar-refractivity contribution < 1.29 is 23.2 Å². The number of carbonyl (C=O) groups is 1. The molecule has 0 amide bonds. The van der Waals surface area contributed by atoms with Crippen molar-refractivity contribution in [2.75, 3.05) is 13.2 Å². The van der Waals surface area contributed by atoms with Crippen molar-refractivity contribution >= 4 is 5.97 Å². The molecule has 1 aromatic heterocycles. The SMILES string of the molecule is CCOC(=O)c1noc(-c2cc(C)ccc2F)c1OCC(C)(C)C. The molecule has 0 spiro atoms. The molecule has 6 heteroatoms. The zero-order valence-corrected chi connectivity index (χ0v) is 14.6. The minimum atomic E-state index is -0.663. The number of esters is 1. The number of nitrogens with zero attached hydrogens (tertiary/aromatic N) is 1. The molecule has 0 atom stereocenters. The monoisotopic (exact) mass is 335 g/mol. The molecule has 5 nitrogen and oxygen atoms in total. The number of aromatic nitrogens is 1. The minimum absolute atomic E-state index is 0.0861. The highest BCUT2D eigenvalue weighted by atomic mass is 19.1. The van der Waals surface area contributed by atoms with E-state index in [9.17, 15) is 9.18 Å². The fourth-order valence-electron chi connectivity index (χ4n) is 2.02. The molecule has 0 radical (unpaired) electrons. The maximum Gasteiger partial charge on any atom is 0.364 e. The van der Waals surface area contributed by atoms with E-state index >= 15 is 0 Å². The van der Waals surface area contributed by atoms with Crippen LogP contribution in [0.5, 0.6) is 5.75 Å². The van der Waals surface area contributed by atoms with Gasteiger partial charge in [-0.1, -0.05) is 37.6 Å². The molecule has 0 aliphatic carbocycles. The lowest BCUT2D eigenvalue weighted by Crippen LogP contribution is -2.18. The van der Waals surface area contributed by atoms with Gasteiger partial charge in [-0.3, -0.25) is 0 Å². The molecular weight excluding hydrogens is 313 g/mol. The summed E-state index contributed by atoms with van der Waals surface area (Å²) in [5.41, 5.74) is 0.798. The smallest absolute Gasteiger partial charge is 0.364 e. The molecule has 0 aliphatic rings. The Morgan fingerprint density at radius 1 is 1.33 bits per heavy atom. The van der Waals surface area contributed by atoms with Gasteiger partial charge in [0.1, 0.15) is 5.82 Å². The molecule has 0 N–H and O–H groups in total. The summed E-state index contributed by atoms with van der Waals surface area (Å²) in [7, 11) is 0. The van der Waals surface area contributed by atoms with Crippen LogP contribution in [0.15, 0.2) is 22.7 Å². The number of rotatable bonds is 5. The van der Waals surface area contributed by atoms with E-state index in [4.69, 9.17) is 14.0 Å². The second-order valence-electron chi connectivity index (χ2n) is 6.74. The first-order valence-corrected chi connectivity index (χ1v) is 7.79. The summed E-state index contributed by atoms with van der Waals surface area (Å²) in [5, 5.41) is 3.74. The Morgan fingerprint density at radius 3 is 2.67 bits per heavy atom. The van der Waals surface area contributed by atoms with Crippen LogP contribution < -0.4 is 4.74 Å². The topological polar surface area (TPSA) is 61.6 Å². The minimum Gasteiger partial charge on any atom is -0.487 e. The van der Waals surface area contributed by atoms with Crippen LogP contribution in [-0.4, -0.2) is 24.3 Å². The van der Waals surface area contributed by atoms with Gasteiger partial charge in [0.25, 0.3) is 0 Å². The predicted molar refractivity (Wildman–Crippen MR) is 87.5 cm³/mol. The lowest BCUT2D eigenvalue weighted by Gasteiger charge is -2.18. The summed E-state index contributed by atoms with van der Waals surface area (Å²) in [6, 6.07) is 4.61. The van der Waals surface area contributed by atoms with Crippen molar-refractivity contribution in [1.82, 2.24) is 5.16 Å². The summed E-state index contributed by atoms with van der Waals surface area (Å²) < 4.78 is 30.2. The van der Waals surface area contributed by atoms with Gasteiger partial charge in [0.05, 0.1) is 18.8 Å². The van der Waals surface area contributed by atoms with Crippen LogP contribution in [0.2, 0.25) is 0 Å². The van der Waals surface area contributed by atoms with Crippen molar-refractivity contribution in [3.8, 4) is 17.1 Å². The molecule has 24 heavy (non-hydrogen) atoms.